The minimum atomic E-state index is -0.669. The third-order valence-electron chi connectivity index (χ3n) is 5.40. The molecule has 0 aliphatic carbocycles. The van der Waals surface area contributed by atoms with Crippen molar-refractivity contribution in [1.82, 2.24) is 0 Å². The third kappa shape index (κ3) is 4.22. The van der Waals surface area contributed by atoms with Crippen molar-refractivity contribution < 1.29 is 24.0 Å². The van der Waals surface area contributed by atoms with Gasteiger partial charge in [0.1, 0.15) is 0 Å². The number of ketones is 1. The smallest absolute Gasteiger partial charge is 0.311 e. The molecule has 0 unspecified atom stereocenters. The van der Waals surface area contributed by atoms with Gasteiger partial charge in [0, 0.05) is 35.8 Å². The Labute approximate surface area is 173 Å². The highest BCUT2D eigenvalue weighted by Crippen LogP contribution is 2.30. The number of nitro groups is 1. The summed E-state index contributed by atoms with van der Waals surface area (Å²) in [6.45, 7) is 5.10. The summed E-state index contributed by atoms with van der Waals surface area (Å²) in [5, 5.41) is 11.0. The van der Waals surface area contributed by atoms with E-state index in [4.69, 9.17) is 4.74 Å². The maximum absolute atomic E-state index is 12.4. The zero-order valence-electron chi connectivity index (χ0n) is 17.0. The van der Waals surface area contributed by atoms with Gasteiger partial charge in [-0.3, -0.25) is 24.5 Å². The molecule has 1 fully saturated rings. The Kier molecular flexibility index (Phi) is 5.96. The first kappa shape index (κ1) is 21.2. The van der Waals surface area contributed by atoms with E-state index in [-0.39, 0.29) is 30.1 Å². The molecule has 1 saturated heterocycles. The highest BCUT2D eigenvalue weighted by atomic mass is 16.6. The highest BCUT2D eigenvalue weighted by molar-refractivity contribution is 6.01. The van der Waals surface area contributed by atoms with Crippen LogP contribution in [-0.4, -0.2) is 35.7 Å². The Morgan fingerprint density at radius 3 is 2.60 bits per heavy atom. The minimum absolute atomic E-state index is 0.0103. The summed E-state index contributed by atoms with van der Waals surface area (Å²) < 4.78 is 5.12. The second kappa shape index (κ2) is 8.44. The van der Waals surface area contributed by atoms with Gasteiger partial charge in [-0.05, 0) is 38.0 Å². The standard InChI is InChI=1S/C22H22N2O6/c1-13-5-4-6-18(15(13)3)23-11-17(10-21(23)26)22(27)30-12-20(25)16-8-7-14(2)19(9-16)24(28)29/h4-9,17H,10-12H2,1-3H3/t17-/m0/s1. The fourth-order valence-corrected chi connectivity index (χ4v) is 3.44. The molecule has 1 amide bonds. The number of ether oxygens (including phenoxy) is 1. The molecule has 30 heavy (non-hydrogen) atoms. The topological polar surface area (TPSA) is 107 Å². The predicted octanol–water partition coefficient (Wildman–Crippen LogP) is 3.30. The summed E-state index contributed by atoms with van der Waals surface area (Å²) in [4.78, 5) is 49.2. The summed E-state index contributed by atoms with van der Waals surface area (Å²) in [5.74, 6) is -2.02. The Balaban J connectivity index is 1.64. The number of amides is 1. The Hall–Kier alpha value is -3.55. The van der Waals surface area contributed by atoms with Crippen molar-refractivity contribution >= 4 is 29.0 Å². The number of anilines is 1. The summed E-state index contributed by atoms with van der Waals surface area (Å²) in [5.41, 5.74) is 3.14. The average Bonchev–Trinajstić information content (AvgIpc) is 3.09. The van der Waals surface area contributed by atoms with Gasteiger partial charge in [-0.1, -0.05) is 24.3 Å². The van der Waals surface area contributed by atoms with Gasteiger partial charge in [-0.15, -0.1) is 0 Å². The van der Waals surface area contributed by atoms with Crippen LogP contribution in [0.25, 0.3) is 0 Å². The first-order valence-electron chi connectivity index (χ1n) is 9.50. The van der Waals surface area contributed by atoms with E-state index in [0.29, 0.717) is 5.56 Å². The lowest BCUT2D eigenvalue weighted by Gasteiger charge is -2.20. The monoisotopic (exact) mass is 410 g/mol. The summed E-state index contributed by atoms with van der Waals surface area (Å²) in [6, 6.07) is 9.75. The number of aryl methyl sites for hydroxylation is 2. The van der Waals surface area contributed by atoms with Gasteiger partial charge in [-0.25, -0.2) is 0 Å². The largest absolute Gasteiger partial charge is 0.457 e. The zero-order valence-corrected chi connectivity index (χ0v) is 17.0. The van der Waals surface area contributed by atoms with E-state index in [1.165, 1.54) is 18.2 Å². The zero-order chi connectivity index (χ0) is 22.0. The second-order valence-corrected chi connectivity index (χ2v) is 7.41. The molecule has 0 N–H and O–H groups in total. The molecule has 0 saturated carbocycles. The molecule has 2 aromatic carbocycles. The molecule has 0 bridgehead atoms. The van der Waals surface area contributed by atoms with Crippen molar-refractivity contribution in [3.05, 3.63) is 68.8 Å². The lowest BCUT2D eigenvalue weighted by molar-refractivity contribution is -0.385. The van der Waals surface area contributed by atoms with Crippen LogP contribution in [0.5, 0.6) is 0 Å². The molecule has 0 aromatic heterocycles. The van der Waals surface area contributed by atoms with Crippen LogP contribution in [-0.2, 0) is 14.3 Å². The molecule has 2 aromatic rings. The number of esters is 1. The van der Waals surface area contributed by atoms with E-state index in [0.717, 1.165) is 16.8 Å². The lowest BCUT2D eigenvalue weighted by Crippen LogP contribution is -2.27. The van der Waals surface area contributed by atoms with E-state index >= 15 is 0 Å². The van der Waals surface area contributed by atoms with E-state index in [9.17, 15) is 24.5 Å². The summed E-state index contributed by atoms with van der Waals surface area (Å²) >= 11 is 0. The van der Waals surface area contributed by atoms with Crippen LogP contribution in [0.1, 0.15) is 33.5 Å². The number of hydrogen-bond donors (Lipinski definition) is 0. The molecule has 0 radical (unpaired) electrons. The van der Waals surface area contributed by atoms with Gasteiger partial charge in [0.2, 0.25) is 11.7 Å². The quantitative estimate of drug-likeness (QED) is 0.313. The van der Waals surface area contributed by atoms with Crippen molar-refractivity contribution in [3.8, 4) is 0 Å². The first-order chi connectivity index (χ1) is 14.2. The number of nitro benzene ring substituents is 1. The Morgan fingerprint density at radius 2 is 1.90 bits per heavy atom. The van der Waals surface area contributed by atoms with E-state index in [2.05, 4.69) is 0 Å². The number of nitrogens with zero attached hydrogens (tertiary/aromatic N) is 2. The first-order valence-corrected chi connectivity index (χ1v) is 9.50. The van der Waals surface area contributed by atoms with Crippen molar-refractivity contribution in [2.45, 2.75) is 27.2 Å². The number of carbonyl (C=O) groups is 3. The Morgan fingerprint density at radius 1 is 1.17 bits per heavy atom. The van der Waals surface area contributed by atoms with Gasteiger partial charge in [0.05, 0.1) is 10.8 Å². The van der Waals surface area contributed by atoms with Gasteiger partial charge in [-0.2, -0.15) is 0 Å². The van der Waals surface area contributed by atoms with E-state index in [1.54, 1.807) is 11.8 Å². The van der Waals surface area contributed by atoms with Crippen LogP contribution in [0.4, 0.5) is 11.4 Å². The molecular formula is C22H22N2O6. The second-order valence-electron chi connectivity index (χ2n) is 7.41. The maximum Gasteiger partial charge on any atom is 0.311 e. The molecular weight excluding hydrogens is 388 g/mol. The third-order valence-corrected chi connectivity index (χ3v) is 5.40. The van der Waals surface area contributed by atoms with Crippen LogP contribution < -0.4 is 4.90 Å². The average molecular weight is 410 g/mol. The predicted molar refractivity (Wildman–Crippen MR) is 109 cm³/mol. The molecule has 1 heterocycles. The fraction of sp³-hybridized carbons (Fsp3) is 0.318. The number of Topliss-reactive ketones (excluding diaryl/α,β-unsaturated/α-hetero) is 1. The fourth-order valence-electron chi connectivity index (χ4n) is 3.44. The SMILES string of the molecule is Cc1ccc(C(=O)COC(=O)[C@H]2CC(=O)N(c3cccc(C)c3C)C2)cc1[N+](=O)[O-]. The summed E-state index contributed by atoms with van der Waals surface area (Å²) in [6.07, 6.45) is 0.0103. The van der Waals surface area contributed by atoms with Crippen LogP contribution in [0, 0.1) is 36.8 Å². The van der Waals surface area contributed by atoms with Crippen molar-refractivity contribution in [3.63, 3.8) is 0 Å². The van der Waals surface area contributed by atoms with Crippen molar-refractivity contribution in [2.75, 3.05) is 18.1 Å². The Bertz CT molecular complexity index is 1050. The molecule has 1 aliphatic rings. The molecule has 8 nitrogen and oxygen atoms in total. The van der Waals surface area contributed by atoms with Crippen molar-refractivity contribution in [1.29, 1.82) is 0 Å². The molecule has 156 valence electrons. The van der Waals surface area contributed by atoms with Gasteiger partial charge < -0.3 is 9.64 Å². The molecule has 3 rings (SSSR count). The molecule has 1 atom stereocenters. The van der Waals surface area contributed by atoms with Gasteiger partial charge in [0.25, 0.3) is 5.69 Å². The number of rotatable bonds is 6. The number of benzene rings is 2. The molecule has 0 spiro atoms. The van der Waals surface area contributed by atoms with Crippen molar-refractivity contribution in [2.24, 2.45) is 5.92 Å². The van der Waals surface area contributed by atoms with Crippen LogP contribution >= 0.6 is 0 Å². The highest BCUT2D eigenvalue weighted by Gasteiger charge is 2.37. The number of hydrogen-bond acceptors (Lipinski definition) is 6. The van der Waals surface area contributed by atoms with Crippen LogP contribution in [0.15, 0.2) is 36.4 Å². The van der Waals surface area contributed by atoms with Gasteiger partial charge >= 0.3 is 5.97 Å². The minimum Gasteiger partial charge on any atom is -0.457 e. The maximum atomic E-state index is 12.4. The lowest BCUT2D eigenvalue weighted by atomic mass is 10.1. The summed E-state index contributed by atoms with van der Waals surface area (Å²) in [7, 11) is 0. The molecule has 8 heteroatoms. The van der Waals surface area contributed by atoms with Crippen LogP contribution in [0.2, 0.25) is 0 Å². The van der Waals surface area contributed by atoms with E-state index < -0.39 is 29.2 Å². The molecule has 1 aliphatic heterocycles. The van der Waals surface area contributed by atoms with E-state index in [1.807, 2.05) is 32.0 Å². The number of carbonyl (C=O) groups excluding carboxylic acids is 3. The normalized spacial score (nSPS) is 15.9. The van der Waals surface area contributed by atoms with Gasteiger partial charge in [0.15, 0.2) is 6.61 Å². The van der Waals surface area contributed by atoms with Crippen LogP contribution in [0.3, 0.4) is 0 Å².